The molecule has 0 saturated carbocycles. The van der Waals surface area contributed by atoms with Gasteiger partial charge in [0.25, 0.3) is 0 Å². The van der Waals surface area contributed by atoms with Crippen LogP contribution in [0.5, 0.6) is 0 Å². The van der Waals surface area contributed by atoms with Gasteiger partial charge >= 0.3 is 0 Å². The van der Waals surface area contributed by atoms with Crippen molar-refractivity contribution in [3.63, 3.8) is 0 Å². The van der Waals surface area contributed by atoms with Crippen molar-refractivity contribution in [3.8, 4) is 0 Å². The Morgan fingerprint density at radius 2 is 2.20 bits per heavy atom. The number of aromatic nitrogens is 4. The van der Waals surface area contributed by atoms with Gasteiger partial charge in [-0.3, -0.25) is 0 Å². The highest BCUT2D eigenvalue weighted by atomic mass is 35.5. The van der Waals surface area contributed by atoms with Crippen LogP contribution in [0.2, 0.25) is 5.15 Å². The molecule has 0 bridgehead atoms. The number of hydrogen-bond donors (Lipinski definition) is 0. The summed E-state index contributed by atoms with van der Waals surface area (Å²) in [5.74, 6) is -0.125. The van der Waals surface area contributed by atoms with Crippen LogP contribution in [-0.4, -0.2) is 44.8 Å². The second-order valence-corrected chi connectivity index (χ2v) is 9.26. The highest BCUT2D eigenvalue weighted by Crippen LogP contribution is 2.49. The number of nitrogens with zero attached hydrogens (tertiary/aromatic N) is 4. The van der Waals surface area contributed by atoms with Gasteiger partial charge < -0.3 is 13.9 Å². The molecule has 0 radical (unpaired) electrons. The molecule has 8 heteroatoms. The number of imidazole rings is 1. The Labute approximate surface area is 121 Å². The zero-order valence-electron chi connectivity index (χ0n) is 11.4. The minimum atomic E-state index is -2.19. The summed E-state index contributed by atoms with van der Waals surface area (Å²) < 4.78 is 19.8. The monoisotopic (exact) mass is 314 g/mol. The molecule has 1 aliphatic rings. The fourth-order valence-corrected chi connectivity index (χ4v) is 3.90. The number of ether oxygens (including phenoxy) is 1. The van der Waals surface area contributed by atoms with E-state index in [4.69, 9.17) is 16.3 Å². The van der Waals surface area contributed by atoms with Crippen molar-refractivity contribution in [1.82, 2.24) is 19.5 Å². The van der Waals surface area contributed by atoms with Crippen molar-refractivity contribution in [3.05, 3.63) is 17.8 Å². The van der Waals surface area contributed by atoms with Crippen molar-refractivity contribution < 1.29 is 9.30 Å². The third-order valence-electron chi connectivity index (χ3n) is 3.54. The van der Waals surface area contributed by atoms with Crippen molar-refractivity contribution in [1.29, 1.82) is 0 Å². The lowest BCUT2D eigenvalue weighted by molar-refractivity contribution is 0.0749. The van der Waals surface area contributed by atoms with Crippen LogP contribution < -0.4 is 0 Å². The summed E-state index contributed by atoms with van der Waals surface area (Å²) >= 11 is 5.97. The molecule has 20 heavy (non-hydrogen) atoms. The van der Waals surface area contributed by atoms with Gasteiger partial charge in [-0.05, 0) is 26.2 Å². The molecule has 2 unspecified atom stereocenters. The molecule has 3 heterocycles. The Morgan fingerprint density at radius 1 is 1.40 bits per heavy atom. The van der Waals surface area contributed by atoms with E-state index in [1.807, 2.05) is 4.57 Å². The Hall–Kier alpha value is -0.970. The highest BCUT2D eigenvalue weighted by Gasteiger charge is 2.33. The SMILES string of the molecule is CP(C)(=O)C1CCC(Cn2cnc3c(Cl)ncnc32)O1. The summed E-state index contributed by atoms with van der Waals surface area (Å²) in [5, 5.41) is 0.352. The van der Waals surface area contributed by atoms with Crippen molar-refractivity contribution in [2.45, 2.75) is 31.3 Å². The predicted octanol–water partition coefficient (Wildman–Crippen LogP) is 2.61. The van der Waals surface area contributed by atoms with Crippen LogP contribution in [-0.2, 0) is 15.8 Å². The summed E-state index contributed by atoms with van der Waals surface area (Å²) in [4.78, 5) is 12.3. The lowest BCUT2D eigenvalue weighted by Crippen LogP contribution is -2.17. The lowest BCUT2D eigenvalue weighted by Gasteiger charge is -2.17. The van der Waals surface area contributed by atoms with E-state index >= 15 is 0 Å². The summed E-state index contributed by atoms with van der Waals surface area (Å²) in [6.45, 7) is 4.19. The van der Waals surface area contributed by atoms with E-state index in [1.165, 1.54) is 6.33 Å². The first-order chi connectivity index (χ1) is 9.45. The standard InChI is InChI=1S/C12H16ClN4O2P/c1-20(2,18)9-4-3-8(19-9)5-17-7-16-10-11(13)14-6-15-12(10)17/h6-9H,3-5H2,1-2H3. The predicted molar refractivity (Wildman–Crippen MR) is 77.7 cm³/mol. The molecule has 108 valence electrons. The number of rotatable bonds is 3. The lowest BCUT2D eigenvalue weighted by atomic mass is 10.2. The molecule has 2 atom stereocenters. The Kier molecular flexibility index (Phi) is 3.56. The summed E-state index contributed by atoms with van der Waals surface area (Å²) in [6.07, 6.45) is 4.90. The van der Waals surface area contributed by atoms with Gasteiger partial charge in [-0.15, -0.1) is 0 Å². The molecule has 0 spiro atoms. The van der Waals surface area contributed by atoms with E-state index in [2.05, 4.69) is 15.0 Å². The van der Waals surface area contributed by atoms with Crippen LogP contribution in [0.25, 0.3) is 11.2 Å². The first-order valence-corrected chi connectivity index (χ1v) is 9.51. The zero-order valence-corrected chi connectivity index (χ0v) is 13.0. The molecule has 1 saturated heterocycles. The van der Waals surface area contributed by atoms with Crippen LogP contribution in [0.1, 0.15) is 12.8 Å². The fourth-order valence-electron chi connectivity index (χ4n) is 2.48. The minimum absolute atomic E-state index is 0.0411. The number of halogens is 1. The van der Waals surface area contributed by atoms with Gasteiger partial charge in [0.1, 0.15) is 24.8 Å². The zero-order chi connectivity index (χ0) is 14.3. The smallest absolute Gasteiger partial charge is 0.164 e. The Bertz CT molecular complexity index is 683. The molecule has 1 aliphatic heterocycles. The second kappa shape index (κ2) is 5.10. The molecular formula is C12H16ClN4O2P. The van der Waals surface area contributed by atoms with Gasteiger partial charge in [-0.2, -0.15) is 0 Å². The topological polar surface area (TPSA) is 69.9 Å². The number of hydrogen-bond acceptors (Lipinski definition) is 5. The van der Waals surface area contributed by atoms with E-state index in [-0.39, 0.29) is 11.9 Å². The van der Waals surface area contributed by atoms with Gasteiger partial charge in [-0.25, -0.2) is 15.0 Å². The van der Waals surface area contributed by atoms with Crippen LogP contribution in [0.3, 0.4) is 0 Å². The van der Waals surface area contributed by atoms with Crippen molar-refractivity contribution in [2.75, 3.05) is 13.3 Å². The Morgan fingerprint density at radius 3 is 2.90 bits per heavy atom. The molecule has 1 fully saturated rings. The average Bonchev–Trinajstić information content (AvgIpc) is 2.98. The van der Waals surface area contributed by atoms with Crippen molar-refractivity contribution >= 4 is 29.9 Å². The van der Waals surface area contributed by atoms with Crippen LogP contribution in [0.15, 0.2) is 12.7 Å². The molecule has 6 nitrogen and oxygen atoms in total. The molecule has 2 aromatic rings. The molecular weight excluding hydrogens is 299 g/mol. The largest absolute Gasteiger partial charge is 0.365 e. The van der Waals surface area contributed by atoms with Gasteiger partial charge in [0.05, 0.1) is 19.0 Å². The van der Waals surface area contributed by atoms with E-state index in [0.717, 1.165) is 12.8 Å². The molecule has 0 aliphatic carbocycles. The quantitative estimate of drug-likeness (QED) is 0.643. The average molecular weight is 315 g/mol. The van der Waals surface area contributed by atoms with E-state index in [0.29, 0.717) is 22.9 Å². The number of fused-ring (bicyclic) bond motifs is 1. The highest BCUT2D eigenvalue weighted by molar-refractivity contribution is 7.62. The molecule has 0 amide bonds. The van der Waals surface area contributed by atoms with Crippen LogP contribution >= 0.6 is 18.7 Å². The van der Waals surface area contributed by atoms with E-state index in [1.54, 1.807) is 19.7 Å². The maximum atomic E-state index is 12.0. The summed E-state index contributed by atoms with van der Waals surface area (Å²) in [5.41, 5.74) is 1.30. The molecule has 0 aromatic carbocycles. The molecule has 0 N–H and O–H groups in total. The maximum Gasteiger partial charge on any atom is 0.164 e. The third kappa shape index (κ3) is 2.60. The fraction of sp³-hybridized carbons (Fsp3) is 0.583. The maximum absolute atomic E-state index is 12.0. The van der Waals surface area contributed by atoms with Gasteiger partial charge in [0, 0.05) is 0 Å². The Balaban J connectivity index is 1.78. The minimum Gasteiger partial charge on any atom is -0.365 e. The molecule has 3 rings (SSSR count). The van der Waals surface area contributed by atoms with E-state index < -0.39 is 7.14 Å². The van der Waals surface area contributed by atoms with Crippen LogP contribution in [0, 0.1) is 0 Å². The van der Waals surface area contributed by atoms with Crippen LogP contribution in [0.4, 0.5) is 0 Å². The van der Waals surface area contributed by atoms with Gasteiger partial charge in [0.15, 0.2) is 10.8 Å². The third-order valence-corrected chi connectivity index (χ3v) is 5.58. The normalized spacial score (nSPS) is 23.6. The summed E-state index contributed by atoms with van der Waals surface area (Å²) in [6, 6.07) is 0. The van der Waals surface area contributed by atoms with Crippen molar-refractivity contribution in [2.24, 2.45) is 0 Å². The first kappa shape index (κ1) is 14.0. The van der Waals surface area contributed by atoms with Gasteiger partial charge in [0.2, 0.25) is 0 Å². The van der Waals surface area contributed by atoms with Gasteiger partial charge in [-0.1, -0.05) is 11.6 Å². The van der Waals surface area contributed by atoms with E-state index in [9.17, 15) is 4.57 Å². The summed E-state index contributed by atoms with van der Waals surface area (Å²) in [7, 11) is -2.19. The molecule has 2 aromatic heterocycles. The second-order valence-electron chi connectivity index (χ2n) is 5.46. The first-order valence-electron chi connectivity index (χ1n) is 6.46.